The molecule has 11 N–H and O–H groups in total. The van der Waals surface area contributed by atoms with Gasteiger partial charge < -0.3 is 52.9 Å². The Bertz CT molecular complexity index is 1510. The summed E-state index contributed by atoms with van der Waals surface area (Å²) in [6.07, 6.45) is 1.15. The lowest BCUT2D eigenvalue weighted by molar-refractivity contribution is -0.132. The number of ether oxygens (including phenoxy) is 1. The summed E-state index contributed by atoms with van der Waals surface area (Å²) in [5, 5.41) is 25.0. The Labute approximate surface area is 317 Å². The third-order valence-corrected chi connectivity index (χ3v) is 7.88. The third-order valence-electron chi connectivity index (χ3n) is 7.88. The Morgan fingerprint density at radius 1 is 0.852 bits per heavy atom. The quantitative estimate of drug-likeness (QED) is 0.0491. The molecular weight excluding hydrogens is 696 g/mol. The van der Waals surface area contributed by atoms with E-state index >= 15 is 0 Å². The van der Waals surface area contributed by atoms with E-state index in [9.17, 15) is 29.1 Å². The molecule has 5 atom stereocenters. The topological polar surface area (TPSA) is 268 Å². The number of alkyl carbamates (subject to hydrolysis) is 1. The van der Waals surface area contributed by atoms with E-state index in [0.29, 0.717) is 18.5 Å². The molecule has 2 rings (SSSR count). The SMILES string of the molecule is CC(C)CC(NC(=O)[C@H](Cc1cnc[nH]1)NC(=O)[C@H](Cc1ccccc1)NC(=O)OC(C)(C)C)C(O)CC(=O)N[C@@H](CC(C)C)C(=O)NCCN=C(N)N. The number of aliphatic hydroxyl groups excluding tert-OH is 1. The number of carbonyl (C=O) groups is 5. The highest BCUT2D eigenvalue weighted by atomic mass is 16.6. The minimum Gasteiger partial charge on any atom is -0.444 e. The number of guanidine groups is 1. The standard InChI is InChI=1S/C37H60N10O7/c1-22(2)15-26(30(48)19-31(49)44-27(16-23(3)4)32(50)41-13-14-42-35(38)39)45-34(52)29(18-25-20-40-21-43-25)46-33(51)28(17-24-11-9-8-10-12-24)47-36(53)54-37(5,6)7/h8-12,20-23,26-30,48H,13-19H2,1-7H3,(H,40,43)(H,41,50)(H,44,49)(H,45,52)(H,46,51)(H,47,53)(H4,38,39,42)/t26?,27-,28-,29-,30?/m0/s1. The molecule has 54 heavy (non-hydrogen) atoms. The van der Waals surface area contributed by atoms with Gasteiger partial charge in [0.05, 0.1) is 31.4 Å². The molecule has 0 spiro atoms. The zero-order valence-corrected chi connectivity index (χ0v) is 32.5. The summed E-state index contributed by atoms with van der Waals surface area (Å²) in [6.45, 7) is 13.1. The smallest absolute Gasteiger partial charge is 0.408 e. The van der Waals surface area contributed by atoms with Gasteiger partial charge in [0, 0.05) is 31.3 Å². The fourth-order valence-corrected chi connectivity index (χ4v) is 5.49. The first-order valence-corrected chi connectivity index (χ1v) is 18.2. The molecule has 0 aliphatic rings. The molecule has 1 aromatic heterocycles. The summed E-state index contributed by atoms with van der Waals surface area (Å²) >= 11 is 0. The predicted octanol–water partition coefficient (Wildman–Crippen LogP) is 0.775. The molecule has 17 nitrogen and oxygen atoms in total. The molecule has 300 valence electrons. The van der Waals surface area contributed by atoms with Crippen LogP contribution in [0.2, 0.25) is 0 Å². The minimum atomic E-state index is -1.34. The Balaban J connectivity index is 2.25. The number of imidazole rings is 1. The van der Waals surface area contributed by atoms with Crippen molar-refractivity contribution in [3.63, 3.8) is 0 Å². The average molecular weight is 757 g/mol. The number of aliphatic hydroxyl groups is 1. The lowest BCUT2D eigenvalue weighted by Crippen LogP contribution is -2.58. The molecule has 2 unspecified atom stereocenters. The first-order valence-electron chi connectivity index (χ1n) is 18.2. The molecule has 0 saturated heterocycles. The van der Waals surface area contributed by atoms with Crippen molar-refractivity contribution in [2.45, 2.75) is 116 Å². The van der Waals surface area contributed by atoms with E-state index in [2.05, 4.69) is 41.5 Å². The van der Waals surface area contributed by atoms with E-state index in [1.165, 1.54) is 12.5 Å². The number of hydrogen-bond acceptors (Lipinski definition) is 9. The number of aromatic nitrogens is 2. The summed E-state index contributed by atoms with van der Waals surface area (Å²) in [5.74, 6) is -2.33. The average Bonchev–Trinajstić information content (AvgIpc) is 3.57. The second-order valence-corrected chi connectivity index (χ2v) is 15.1. The number of nitrogens with zero attached hydrogens (tertiary/aromatic N) is 2. The highest BCUT2D eigenvalue weighted by molar-refractivity contribution is 5.92. The number of H-pyrrole nitrogens is 1. The van der Waals surface area contributed by atoms with Crippen molar-refractivity contribution < 1.29 is 33.8 Å². The summed E-state index contributed by atoms with van der Waals surface area (Å²) in [4.78, 5) is 77.5. The van der Waals surface area contributed by atoms with Gasteiger partial charge in [-0.3, -0.25) is 24.2 Å². The van der Waals surface area contributed by atoms with Crippen molar-refractivity contribution in [2.75, 3.05) is 13.1 Å². The van der Waals surface area contributed by atoms with Crippen LogP contribution in [0, 0.1) is 11.8 Å². The second-order valence-electron chi connectivity index (χ2n) is 15.1. The van der Waals surface area contributed by atoms with E-state index in [-0.39, 0.29) is 43.7 Å². The van der Waals surface area contributed by atoms with E-state index in [1.807, 2.05) is 58.0 Å². The van der Waals surface area contributed by atoms with Crippen molar-refractivity contribution in [1.29, 1.82) is 0 Å². The Morgan fingerprint density at radius 3 is 2.06 bits per heavy atom. The molecule has 1 aromatic carbocycles. The number of hydrogen-bond donors (Lipinski definition) is 9. The molecule has 0 bridgehead atoms. The number of nitrogens with two attached hydrogens (primary N) is 2. The van der Waals surface area contributed by atoms with Crippen LogP contribution in [0.15, 0.2) is 47.8 Å². The van der Waals surface area contributed by atoms with Crippen LogP contribution >= 0.6 is 0 Å². The normalized spacial score (nSPS) is 14.2. The number of nitrogens with one attached hydrogen (secondary N) is 6. The summed E-state index contributed by atoms with van der Waals surface area (Å²) in [7, 11) is 0. The van der Waals surface area contributed by atoms with E-state index in [1.54, 1.807) is 20.8 Å². The number of aliphatic imine (C=N–C) groups is 1. The van der Waals surface area contributed by atoms with Gasteiger partial charge in [-0.2, -0.15) is 0 Å². The number of amides is 5. The van der Waals surface area contributed by atoms with Crippen LogP contribution in [0.5, 0.6) is 0 Å². The number of benzene rings is 1. The maximum atomic E-state index is 14.0. The Morgan fingerprint density at radius 2 is 1.48 bits per heavy atom. The molecule has 0 radical (unpaired) electrons. The van der Waals surface area contributed by atoms with Gasteiger partial charge in [-0.05, 0) is 51.0 Å². The van der Waals surface area contributed by atoms with Crippen LogP contribution in [0.25, 0.3) is 0 Å². The zero-order valence-electron chi connectivity index (χ0n) is 32.5. The number of carbonyl (C=O) groups excluding carboxylic acids is 5. The highest BCUT2D eigenvalue weighted by Gasteiger charge is 2.33. The first-order chi connectivity index (χ1) is 25.3. The van der Waals surface area contributed by atoms with Crippen molar-refractivity contribution in [3.8, 4) is 0 Å². The van der Waals surface area contributed by atoms with Crippen molar-refractivity contribution in [2.24, 2.45) is 28.3 Å². The van der Waals surface area contributed by atoms with Gasteiger partial charge in [0.1, 0.15) is 23.7 Å². The van der Waals surface area contributed by atoms with Crippen molar-refractivity contribution >= 4 is 35.7 Å². The van der Waals surface area contributed by atoms with Crippen molar-refractivity contribution in [1.82, 2.24) is 36.6 Å². The summed E-state index contributed by atoms with van der Waals surface area (Å²) < 4.78 is 5.41. The predicted molar refractivity (Wildman–Crippen MR) is 205 cm³/mol. The second kappa shape index (κ2) is 22.1. The third kappa shape index (κ3) is 18.0. The van der Waals surface area contributed by atoms with Crippen LogP contribution in [-0.4, -0.2) is 99.7 Å². The van der Waals surface area contributed by atoms with E-state index in [4.69, 9.17) is 16.2 Å². The Hall–Kier alpha value is -5.19. The van der Waals surface area contributed by atoms with Gasteiger partial charge in [0.2, 0.25) is 23.6 Å². The molecule has 0 aliphatic heterocycles. The largest absolute Gasteiger partial charge is 0.444 e. The van der Waals surface area contributed by atoms with E-state index < -0.39 is 72.0 Å². The summed E-state index contributed by atoms with van der Waals surface area (Å²) in [6, 6.07) is 5.00. The minimum absolute atomic E-state index is 0.00221. The maximum Gasteiger partial charge on any atom is 0.408 e. The van der Waals surface area contributed by atoms with Crippen LogP contribution in [0.3, 0.4) is 0 Å². The fraction of sp³-hybridized carbons (Fsp3) is 0.595. The molecule has 0 fully saturated rings. The van der Waals surface area contributed by atoms with Crippen LogP contribution in [0.1, 0.15) is 79.0 Å². The monoisotopic (exact) mass is 756 g/mol. The van der Waals surface area contributed by atoms with E-state index in [0.717, 1.165) is 5.56 Å². The Kier molecular flexibility index (Phi) is 18.4. The molecule has 0 aliphatic carbocycles. The molecule has 1 heterocycles. The molecule has 17 heteroatoms. The van der Waals surface area contributed by atoms with Gasteiger partial charge in [-0.15, -0.1) is 0 Å². The van der Waals surface area contributed by atoms with Crippen LogP contribution < -0.4 is 38.1 Å². The van der Waals surface area contributed by atoms with Crippen molar-refractivity contribution in [3.05, 3.63) is 54.1 Å². The lowest BCUT2D eigenvalue weighted by Gasteiger charge is -2.29. The van der Waals surface area contributed by atoms with Gasteiger partial charge in [0.15, 0.2) is 5.96 Å². The first kappa shape index (κ1) is 45.0. The van der Waals surface area contributed by atoms with Crippen LogP contribution in [-0.2, 0) is 36.8 Å². The molecular formula is C37H60N10O7. The molecule has 5 amide bonds. The van der Waals surface area contributed by atoms with Gasteiger partial charge in [-0.25, -0.2) is 9.78 Å². The van der Waals surface area contributed by atoms with Gasteiger partial charge in [0.25, 0.3) is 0 Å². The lowest BCUT2D eigenvalue weighted by atomic mass is 9.96. The summed E-state index contributed by atoms with van der Waals surface area (Å²) in [5.41, 5.74) is 11.2. The highest BCUT2D eigenvalue weighted by Crippen LogP contribution is 2.14. The zero-order chi connectivity index (χ0) is 40.4. The fourth-order valence-electron chi connectivity index (χ4n) is 5.49. The number of rotatable bonds is 21. The molecule has 0 saturated carbocycles. The van der Waals surface area contributed by atoms with Gasteiger partial charge in [-0.1, -0.05) is 58.0 Å². The van der Waals surface area contributed by atoms with Crippen LogP contribution in [0.4, 0.5) is 4.79 Å². The molecule has 2 aromatic rings. The number of aromatic amines is 1. The van der Waals surface area contributed by atoms with Gasteiger partial charge >= 0.3 is 6.09 Å². The maximum absolute atomic E-state index is 14.0.